The molecule has 3 rings (SSSR count). The lowest BCUT2D eigenvalue weighted by Gasteiger charge is -2.34. The highest BCUT2D eigenvalue weighted by Crippen LogP contribution is 2.21. The molecule has 1 saturated heterocycles. The minimum atomic E-state index is -0.420. The fourth-order valence-corrected chi connectivity index (χ4v) is 2.78. The zero-order valence-electron chi connectivity index (χ0n) is 12.2. The summed E-state index contributed by atoms with van der Waals surface area (Å²) in [5, 5.41) is 3.87. The standard InChI is InChI=1S/C16H19N3O2/c1-10(2)15-16(21)19(9-14(20)18-15)8-11-7-17-13-6-4-3-5-12(11)13/h3-7,10,15,17H,8-9H2,1-2H3,(H,18,20)/t15-/m0/s1. The van der Waals surface area contributed by atoms with Crippen LogP contribution in [0.25, 0.3) is 10.9 Å². The molecule has 0 spiro atoms. The average molecular weight is 285 g/mol. The Bertz CT molecular complexity index is 690. The normalized spacial score (nSPS) is 19.4. The number of H-pyrrole nitrogens is 1. The number of hydrogen-bond acceptors (Lipinski definition) is 2. The lowest BCUT2D eigenvalue weighted by molar-refractivity contribution is -0.146. The number of aromatic nitrogens is 1. The number of para-hydroxylation sites is 1. The third-order valence-corrected chi connectivity index (χ3v) is 3.93. The number of benzene rings is 1. The number of nitrogens with one attached hydrogen (secondary N) is 2. The molecule has 2 aromatic rings. The highest BCUT2D eigenvalue weighted by atomic mass is 16.2. The molecule has 2 N–H and O–H groups in total. The summed E-state index contributed by atoms with van der Waals surface area (Å²) >= 11 is 0. The molecular formula is C16H19N3O2. The molecule has 2 heterocycles. The fraction of sp³-hybridized carbons (Fsp3) is 0.375. The van der Waals surface area contributed by atoms with Crippen molar-refractivity contribution < 1.29 is 9.59 Å². The van der Waals surface area contributed by atoms with Crippen LogP contribution < -0.4 is 5.32 Å². The van der Waals surface area contributed by atoms with Gasteiger partial charge in [-0.05, 0) is 17.5 Å². The van der Waals surface area contributed by atoms with Gasteiger partial charge in [-0.1, -0.05) is 32.0 Å². The number of carbonyl (C=O) groups excluding carboxylic acids is 2. The van der Waals surface area contributed by atoms with E-state index in [0.29, 0.717) is 6.54 Å². The van der Waals surface area contributed by atoms with Crippen LogP contribution in [0.3, 0.4) is 0 Å². The van der Waals surface area contributed by atoms with Crippen LogP contribution in [0, 0.1) is 5.92 Å². The molecule has 1 aliphatic rings. The van der Waals surface area contributed by atoms with Crippen molar-refractivity contribution in [1.82, 2.24) is 15.2 Å². The maximum absolute atomic E-state index is 12.5. The Morgan fingerprint density at radius 2 is 2.05 bits per heavy atom. The number of nitrogens with zero attached hydrogens (tertiary/aromatic N) is 1. The van der Waals surface area contributed by atoms with Gasteiger partial charge in [-0.15, -0.1) is 0 Å². The Hall–Kier alpha value is -2.30. The van der Waals surface area contributed by atoms with E-state index in [0.717, 1.165) is 16.5 Å². The SMILES string of the molecule is CC(C)[C@@H]1NC(=O)CN(Cc2c[nH]c3ccccc23)C1=O. The first kappa shape index (κ1) is 13.7. The van der Waals surface area contributed by atoms with Gasteiger partial charge < -0.3 is 15.2 Å². The maximum atomic E-state index is 12.5. The van der Waals surface area contributed by atoms with E-state index in [4.69, 9.17) is 0 Å². The van der Waals surface area contributed by atoms with Crippen LogP contribution >= 0.6 is 0 Å². The Morgan fingerprint density at radius 3 is 2.81 bits per heavy atom. The summed E-state index contributed by atoms with van der Waals surface area (Å²) in [6, 6.07) is 7.55. The largest absolute Gasteiger partial charge is 0.361 e. The predicted molar refractivity (Wildman–Crippen MR) is 80.5 cm³/mol. The minimum Gasteiger partial charge on any atom is -0.361 e. The van der Waals surface area contributed by atoms with Gasteiger partial charge in [0, 0.05) is 23.6 Å². The summed E-state index contributed by atoms with van der Waals surface area (Å²) < 4.78 is 0. The van der Waals surface area contributed by atoms with Crippen LogP contribution in [0.1, 0.15) is 19.4 Å². The van der Waals surface area contributed by atoms with E-state index in [1.807, 2.05) is 44.3 Å². The van der Waals surface area contributed by atoms with Crippen molar-refractivity contribution in [3.63, 3.8) is 0 Å². The number of hydrogen-bond donors (Lipinski definition) is 2. The second-order valence-corrected chi connectivity index (χ2v) is 5.84. The molecule has 1 atom stereocenters. The van der Waals surface area contributed by atoms with Gasteiger partial charge in [-0.25, -0.2) is 0 Å². The Balaban J connectivity index is 1.86. The van der Waals surface area contributed by atoms with Crippen molar-refractivity contribution in [3.05, 3.63) is 36.0 Å². The van der Waals surface area contributed by atoms with E-state index in [9.17, 15) is 9.59 Å². The lowest BCUT2D eigenvalue weighted by atomic mass is 10.0. The number of rotatable bonds is 3. The van der Waals surface area contributed by atoms with E-state index >= 15 is 0 Å². The fourth-order valence-electron chi connectivity index (χ4n) is 2.78. The monoisotopic (exact) mass is 285 g/mol. The van der Waals surface area contributed by atoms with Crippen molar-refractivity contribution in [2.45, 2.75) is 26.4 Å². The van der Waals surface area contributed by atoms with E-state index in [1.165, 1.54) is 0 Å². The first-order valence-corrected chi connectivity index (χ1v) is 7.19. The molecule has 21 heavy (non-hydrogen) atoms. The summed E-state index contributed by atoms with van der Waals surface area (Å²) in [6.07, 6.45) is 1.91. The highest BCUT2D eigenvalue weighted by Gasteiger charge is 2.34. The molecule has 1 fully saturated rings. The van der Waals surface area contributed by atoms with Crippen molar-refractivity contribution in [2.24, 2.45) is 5.92 Å². The van der Waals surface area contributed by atoms with Gasteiger partial charge in [0.1, 0.15) is 6.04 Å². The van der Waals surface area contributed by atoms with Gasteiger partial charge in [-0.2, -0.15) is 0 Å². The molecule has 0 bridgehead atoms. The lowest BCUT2D eigenvalue weighted by Crippen LogP contribution is -2.59. The number of piperazine rings is 1. The summed E-state index contributed by atoms with van der Waals surface area (Å²) in [5.74, 6) is -0.00441. The van der Waals surface area contributed by atoms with Gasteiger partial charge in [0.2, 0.25) is 11.8 Å². The smallest absolute Gasteiger partial charge is 0.246 e. The molecule has 0 unspecified atom stereocenters. The molecule has 1 aromatic carbocycles. The molecule has 0 radical (unpaired) electrons. The predicted octanol–water partition coefficient (Wildman–Crippen LogP) is 1.65. The van der Waals surface area contributed by atoms with Crippen molar-refractivity contribution in [3.8, 4) is 0 Å². The Labute approximate surface area is 123 Å². The second-order valence-electron chi connectivity index (χ2n) is 5.84. The maximum Gasteiger partial charge on any atom is 0.246 e. The highest BCUT2D eigenvalue weighted by molar-refractivity contribution is 5.95. The third-order valence-electron chi connectivity index (χ3n) is 3.93. The number of aromatic amines is 1. The number of carbonyl (C=O) groups is 2. The van der Waals surface area contributed by atoms with E-state index in [1.54, 1.807) is 4.90 Å². The average Bonchev–Trinajstić information content (AvgIpc) is 2.85. The Kier molecular flexibility index (Phi) is 3.41. The van der Waals surface area contributed by atoms with Crippen molar-refractivity contribution >= 4 is 22.7 Å². The van der Waals surface area contributed by atoms with E-state index in [2.05, 4.69) is 10.3 Å². The molecule has 0 saturated carbocycles. The molecule has 110 valence electrons. The van der Waals surface area contributed by atoms with Crippen molar-refractivity contribution in [2.75, 3.05) is 6.54 Å². The third kappa shape index (κ3) is 2.51. The first-order chi connectivity index (χ1) is 10.1. The molecular weight excluding hydrogens is 266 g/mol. The summed E-state index contributed by atoms with van der Waals surface area (Å²) in [7, 11) is 0. The molecule has 5 nitrogen and oxygen atoms in total. The topological polar surface area (TPSA) is 65.2 Å². The van der Waals surface area contributed by atoms with Gasteiger partial charge in [-0.3, -0.25) is 9.59 Å². The zero-order chi connectivity index (χ0) is 15.0. The van der Waals surface area contributed by atoms with E-state index in [-0.39, 0.29) is 24.3 Å². The van der Waals surface area contributed by atoms with Crippen LogP contribution in [0.5, 0.6) is 0 Å². The second kappa shape index (κ2) is 5.24. The van der Waals surface area contributed by atoms with Crippen molar-refractivity contribution in [1.29, 1.82) is 0 Å². The van der Waals surface area contributed by atoms with Crippen LogP contribution in [0.15, 0.2) is 30.5 Å². The first-order valence-electron chi connectivity index (χ1n) is 7.19. The van der Waals surface area contributed by atoms with Crippen LogP contribution in [0.2, 0.25) is 0 Å². The molecule has 1 aromatic heterocycles. The number of fused-ring (bicyclic) bond motifs is 1. The summed E-state index contributed by atoms with van der Waals surface area (Å²) in [4.78, 5) is 29.1. The van der Waals surface area contributed by atoms with Crippen LogP contribution in [-0.4, -0.2) is 34.3 Å². The van der Waals surface area contributed by atoms with E-state index < -0.39 is 6.04 Å². The van der Waals surface area contributed by atoms with Gasteiger partial charge >= 0.3 is 0 Å². The Morgan fingerprint density at radius 1 is 1.29 bits per heavy atom. The minimum absolute atomic E-state index is 0.00474. The van der Waals surface area contributed by atoms with Gasteiger partial charge in [0.15, 0.2) is 0 Å². The van der Waals surface area contributed by atoms with Crippen LogP contribution in [0.4, 0.5) is 0 Å². The summed E-state index contributed by atoms with van der Waals surface area (Å²) in [6.45, 7) is 4.47. The summed E-state index contributed by atoms with van der Waals surface area (Å²) in [5.41, 5.74) is 2.08. The van der Waals surface area contributed by atoms with Gasteiger partial charge in [0.25, 0.3) is 0 Å². The molecule has 2 amide bonds. The molecule has 0 aliphatic carbocycles. The molecule has 1 aliphatic heterocycles. The zero-order valence-corrected chi connectivity index (χ0v) is 12.2. The van der Waals surface area contributed by atoms with Gasteiger partial charge in [0.05, 0.1) is 6.54 Å². The number of amides is 2. The quantitative estimate of drug-likeness (QED) is 0.900. The molecule has 5 heteroatoms. The van der Waals surface area contributed by atoms with Crippen LogP contribution in [-0.2, 0) is 16.1 Å².